The van der Waals surface area contributed by atoms with Gasteiger partial charge in [-0.15, -0.1) is 0 Å². The number of carboxylic acid groups (broad SMARTS) is 1. The Morgan fingerprint density at radius 2 is 1.97 bits per heavy atom. The van der Waals surface area contributed by atoms with E-state index in [1.807, 2.05) is 25.1 Å². The second-order valence-electron chi connectivity index (χ2n) is 8.75. The van der Waals surface area contributed by atoms with E-state index in [4.69, 9.17) is 9.47 Å². The first-order chi connectivity index (χ1) is 13.8. The normalized spacial score (nSPS) is 24.9. The van der Waals surface area contributed by atoms with Crippen LogP contribution in [0.3, 0.4) is 0 Å². The van der Waals surface area contributed by atoms with Gasteiger partial charge in [0.15, 0.2) is 0 Å². The Kier molecular flexibility index (Phi) is 5.19. The second kappa shape index (κ2) is 7.52. The van der Waals surface area contributed by atoms with Gasteiger partial charge >= 0.3 is 12.1 Å². The highest BCUT2D eigenvalue weighted by Gasteiger charge is 2.45. The minimum absolute atomic E-state index is 0.0697. The van der Waals surface area contributed by atoms with E-state index in [1.165, 1.54) is 12.0 Å². The summed E-state index contributed by atoms with van der Waals surface area (Å²) in [5.74, 6) is 0.737. The molecule has 29 heavy (non-hydrogen) atoms. The van der Waals surface area contributed by atoms with Crippen LogP contribution in [-0.2, 0) is 9.53 Å². The van der Waals surface area contributed by atoms with Crippen molar-refractivity contribution in [2.24, 2.45) is 11.8 Å². The summed E-state index contributed by atoms with van der Waals surface area (Å²) in [4.78, 5) is 24.8. The van der Waals surface area contributed by atoms with Gasteiger partial charge in [-0.3, -0.25) is 4.79 Å². The monoisotopic (exact) mass is 403 g/mol. The summed E-state index contributed by atoms with van der Waals surface area (Å²) < 4.78 is 11.4. The summed E-state index contributed by atoms with van der Waals surface area (Å²) in [5, 5.41) is 20.0. The van der Waals surface area contributed by atoms with Gasteiger partial charge in [0.1, 0.15) is 11.4 Å². The number of likely N-dealkylation sites (tertiary alicyclic amines) is 1. The van der Waals surface area contributed by atoms with Crippen molar-refractivity contribution < 1.29 is 29.3 Å². The number of amides is 1. The van der Waals surface area contributed by atoms with Crippen molar-refractivity contribution in [3.63, 3.8) is 0 Å². The van der Waals surface area contributed by atoms with Gasteiger partial charge in [0.05, 0.1) is 19.1 Å². The van der Waals surface area contributed by atoms with Crippen LogP contribution in [0.25, 0.3) is 0 Å². The lowest BCUT2D eigenvalue weighted by molar-refractivity contribution is -0.145. The highest BCUT2D eigenvalue weighted by atomic mass is 16.5. The molecule has 3 aliphatic rings. The van der Waals surface area contributed by atoms with E-state index in [1.54, 1.807) is 0 Å². The van der Waals surface area contributed by atoms with Crippen LogP contribution in [0, 0.1) is 11.8 Å². The molecule has 7 heteroatoms. The third-order valence-electron chi connectivity index (χ3n) is 6.86. The van der Waals surface area contributed by atoms with Gasteiger partial charge < -0.3 is 24.6 Å². The minimum atomic E-state index is -0.914. The van der Waals surface area contributed by atoms with Gasteiger partial charge in [0, 0.05) is 37.9 Å². The topological polar surface area (TPSA) is 96.3 Å². The summed E-state index contributed by atoms with van der Waals surface area (Å²) in [5.41, 5.74) is 1.26. The Morgan fingerprint density at radius 1 is 1.28 bits per heavy atom. The first kappa shape index (κ1) is 20.0. The van der Waals surface area contributed by atoms with E-state index in [2.05, 4.69) is 0 Å². The number of piperidine rings is 1. The van der Waals surface area contributed by atoms with E-state index in [-0.39, 0.29) is 17.8 Å². The summed E-state index contributed by atoms with van der Waals surface area (Å²) in [6.07, 6.45) is 2.24. The number of benzene rings is 1. The van der Waals surface area contributed by atoms with Gasteiger partial charge in [-0.2, -0.15) is 0 Å². The number of aliphatic hydroxyl groups is 1. The van der Waals surface area contributed by atoms with Crippen LogP contribution >= 0.6 is 0 Å². The third-order valence-corrected chi connectivity index (χ3v) is 6.86. The maximum atomic E-state index is 12.2. The maximum absolute atomic E-state index is 12.2. The number of aliphatic hydroxyl groups excluding tert-OH is 1. The largest absolute Gasteiger partial charge is 0.487 e. The van der Waals surface area contributed by atoms with E-state index >= 15 is 0 Å². The zero-order valence-electron chi connectivity index (χ0n) is 17.0. The van der Waals surface area contributed by atoms with Crippen molar-refractivity contribution in [3.8, 4) is 5.75 Å². The molecule has 0 bridgehead atoms. The fourth-order valence-electron chi connectivity index (χ4n) is 5.03. The zero-order chi connectivity index (χ0) is 20.8. The zero-order valence-corrected chi connectivity index (χ0v) is 17.0. The molecule has 4 rings (SSSR count). The molecular formula is C22H29NO6. The quantitative estimate of drug-likeness (QED) is 0.749. The number of hydrogen-bond acceptors (Lipinski definition) is 5. The maximum Gasteiger partial charge on any atom is 0.407 e. The van der Waals surface area contributed by atoms with Crippen LogP contribution < -0.4 is 4.74 Å². The number of nitrogens with zero attached hydrogens (tertiary/aromatic N) is 1. The van der Waals surface area contributed by atoms with E-state index in [0.717, 1.165) is 24.0 Å². The van der Waals surface area contributed by atoms with Crippen molar-refractivity contribution in [1.82, 2.24) is 4.90 Å². The number of fused-ring (bicyclic) bond motifs is 1. The SMILES string of the molecule is COC(=O)[C@@H](C)[C@H](c1ccc2c(c1)OC1(CCN(C(=O)O)CC1)CC2O)C1CC1. The fourth-order valence-corrected chi connectivity index (χ4v) is 5.03. The molecule has 1 aromatic carbocycles. The van der Waals surface area contributed by atoms with Gasteiger partial charge in [0.25, 0.3) is 0 Å². The molecule has 1 spiro atoms. The van der Waals surface area contributed by atoms with Crippen LogP contribution in [0.15, 0.2) is 18.2 Å². The van der Waals surface area contributed by atoms with Crippen molar-refractivity contribution in [2.75, 3.05) is 20.2 Å². The molecule has 2 fully saturated rings. The molecule has 0 radical (unpaired) electrons. The number of rotatable bonds is 4. The molecule has 1 amide bonds. The van der Waals surface area contributed by atoms with Crippen LogP contribution in [0.4, 0.5) is 4.79 Å². The van der Waals surface area contributed by atoms with Crippen LogP contribution in [0.5, 0.6) is 5.75 Å². The van der Waals surface area contributed by atoms with Crippen molar-refractivity contribution in [3.05, 3.63) is 29.3 Å². The van der Waals surface area contributed by atoms with Crippen LogP contribution in [0.1, 0.15) is 62.2 Å². The van der Waals surface area contributed by atoms with E-state index in [9.17, 15) is 19.8 Å². The Morgan fingerprint density at radius 3 is 2.55 bits per heavy atom. The Hall–Kier alpha value is -2.28. The van der Waals surface area contributed by atoms with Crippen molar-refractivity contribution in [1.29, 1.82) is 0 Å². The second-order valence-corrected chi connectivity index (χ2v) is 8.75. The average molecular weight is 403 g/mol. The number of esters is 1. The molecule has 0 aromatic heterocycles. The number of hydrogen-bond donors (Lipinski definition) is 2. The number of methoxy groups -OCH3 is 1. The summed E-state index contributed by atoms with van der Waals surface area (Å²) >= 11 is 0. The average Bonchev–Trinajstić information content (AvgIpc) is 3.52. The van der Waals surface area contributed by atoms with Crippen molar-refractivity contribution in [2.45, 2.75) is 56.7 Å². The highest BCUT2D eigenvalue weighted by molar-refractivity contribution is 5.73. The predicted octanol–water partition coefficient (Wildman–Crippen LogP) is 3.32. The van der Waals surface area contributed by atoms with E-state index < -0.39 is 17.8 Å². The summed E-state index contributed by atoms with van der Waals surface area (Å²) in [6.45, 7) is 2.72. The Labute approximate surface area is 170 Å². The predicted molar refractivity (Wildman–Crippen MR) is 105 cm³/mol. The molecule has 1 aromatic rings. The molecule has 3 atom stereocenters. The molecular weight excluding hydrogens is 374 g/mol. The van der Waals surface area contributed by atoms with Crippen molar-refractivity contribution >= 4 is 12.1 Å². The number of ether oxygens (including phenoxy) is 2. The highest BCUT2D eigenvalue weighted by Crippen LogP contribution is 2.50. The molecule has 2 N–H and O–H groups in total. The van der Waals surface area contributed by atoms with Gasteiger partial charge in [-0.1, -0.05) is 19.1 Å². The summed E-state index contributed by atoms with van der Waals surface area (Å²) in [6, 6.07) is 5.89. The Bertz CT molecular complexity index is 796. The van der Waals surface area contributed by atoms with Crippen LogP contribution in [0.2, 0.25) is 0 Å². The molecule has 1 saturated heterocycles. The summed E-state index contributed by atoms with van der Waals surface area (Å²) in [7, 11) is 1.42. The molecule has 1 unspecified atom stereocenters. The minimum Gasteiger partial charge on any atom is -0.487 e. The molecule has 2 aliphatic heterocycles. The fraction of sp³-hybridized carbons (Fsp3) is 0.636. The van der Waals surface area contributed by atoms with Gasteiger partial charge in [-0.05, 0) is 36.3 Å². The molecule has 7 nitrogen and oxygen atoms in total. The first-order valence-corrected chi connectivity index (χ1v) is 10.4. The lowest BCUT2D eigenvalue weighted by atomic mass is 9.79. The van der Waals surface area contributed by atoms with Gasteiger partial charge in [0.2, 0.25) is 0 Å². The van der Waals surface area contributed by atoms with Crippen LogP contribution in [-0.4, -0.2) is 53.0 Å². The van der Waals surface area contributed by atoms with Gasteiger partial charge in [-0.25, -0.2) is 4.79 Å². The number of carbonyl (C=O) groups is 2. The molecule has 158 valence electrons. The third kappa shape index (κ3) is 3.80. The smallest absolute Gasteiger partial charge is 0.407 e. The van der Waals surface area contributed by atoms with E-state index in [0.29, 0.717) is 44.0 Å². The lowest BCUT2D eigenvalue weighted by Gasteiger charge is -2.45. The Balaban J connectivity index is 1.60. The molecule has 2 heterocycles. The lowest BCUT2D eigenvalue weighted by Crippen LogP contribution is -2.51. The molecule has 1 aliphatic carbocycles. The standard InChI is InChI=1S/C22H29NO6/c1-13(20(25)28-2)19(14-3-4-14)15-5-6-16-17(24)12-22(29-18(16)11-15)7-9-23(10-8-22)21(26)27/h5-6,11,13-14,17,19,24H,3-4,7-10,12H2,1-2H3,(H,26,27)/t13-,17?,19-/m0/s1. The molecule has 1 saturated carbocycles. The first-order valence-electron chi connectivity index (χ1n) is 10.4. The number of carbonyl (C=O) groups excluding carboxylic acids is 1.